The summed E-state index contributed by atoms with van der Waals surface area (Å²) in [5.74, 6) is 1.11. The van der Waals surface area contributed by atoms with E-state index >= 15 is 0 Å². The second kappa shape index (κ2) is 9.21. The Bertz CT molecular complexity index is 712. The second-order valence-electron chi connectivity index (χ2n) is 7.44. The molecule has 1 N–H and O–H groups in total. The molecular formula is C20H25F2NO5. The first-order valence-corrected chi connectivity index (χ1v) is 9.48. The first-order chi connectivity index (χ1) is 13.4. The standard InChI is InChI=1S/C20H25F2NO5/c1-26-17-8-13(3-5-16(17)28-20(21)22)10-23-18(24)11-27-19(25)9-15-7-12-2-4-14(15)6-12/h3,5,8,12,14-15,20H,2,4,6-7,9-11H2,1H3,(H,23,24)/t12-,14+,15-/m0/s1. The van der Waals surface area contributed by atoms with Gasteiger partial charge in [0.15, 0.2) is 18.1 Å². The summed E-state index contributed by atoms with van der Waals surface area (Å²) < 4.78 is 39.1. The molecule has 154 valence electrons. The fraction of sp³-hybridized carbons (Fsp3) is 0.600. The SMILES string of the molecule is COc1cc(CNC(=O)COC(=O)C[C@@H]2C[C@H]3CC[C@@H]2C3)ccc1OC(F)F. The van der Waals surface area contributed by atoms with Crippen molar-refractivity contribution in [3.05, 3.63) is 23.8 Å². The van der Waals surface area contributed by atoms with Gasteiger partial charge in [0.05, 0.1) is 7.11 Å². The van der Waals surface area contributed by atoms with Gasteiger partial charge in [-0.3, -0.25) is 9.59 Å². The van der Waals surface area contributed by atoms with Crippen LogP contribution in [0.5, 0.6) is 11.5 Å². The molecule has 8 heteroatoms. The monoisotopic (exact) mass is 397 g/mol. The summed E-state index contributed by atoms with van der Waals surface area (Å²) >= 11 is 0. The highest BCUT2D eigenvalue weighted by Crippen LogP contribution is 2.49. The van der Waals surface area contributed by atoms with Crippen LogP contribution in [-0.4, -0.2) is 32.2 Å². The summed E-state index contributed by atoms with van der Waals surface area (Å²) in [6.07, 6.45) is 5.19. The third-order valence-electron chi connectivity index (χ3n) is 5.61. The van der Waals surface area contributed by atoms with Crippen molar-refractivity contribution >= 4 is 11.9 Å². The van der Waals surface area contributed by atoms with Gasteiger partial charge in [0.2, 0.25) is 0 Å². The summed E-state index contributed by atoms with van der Waals surface area (Å²) in [5, 5.41) is 2.63. The molecule has 2 aliphatic carbocycles. The summed E-state index contributed by atoms with van der Waals surface area (Å²) in [7, 11) is 1.34. The van der Waals surface area contributed by atoms with Crippen LogP contribution < -0.4 is 14.8 Å². The lowest BCUT2D eigenvalue weighted by Gasteiger charge is -2.20. The molecule has 2 aliphatic rings. The molecule has 0 aliphatic heterocycles. The zero-order valence-corrected chi connectivity index (χ0v) is 15.8. The van der Waals surface area contributed by atoms with Crippen LogP contribution in [0.15, 0.2) is 18.2 Å². The highest BCUT2D eigenvalue weighted by Gasteiger charge is 2.40. The number of hydrogen-bond acceptors (Lipinski definition) is 5. The minimum Gasteiger partial charge on any atom is -0.493 e. The maximum Gasteiger partial charge on any atom is 0.387 e. The van der Waals surface area contributed by atoms with Crippen LogP contribution in [0.25, 0.3) is 0 Å². The number of methoxy groups -OCH3 is 1. The Labute approximate surface area is 162 Å². The quantitative estimate of drug-likeness (QED) is 0.648. The lowest BCUT2D eigenvalue weighted by Crippen LogP contribution is -2.29. The lowest BCUT2D eigenvalue weighted by molar-refractivity contribution is -0.149. The number of rotatable bonds is 9. The number of carbonyl (C=O) groups excluding carboxylic acids is 2. The predicted octanol–water partition coefficient (Wildman–Crippen LogP) is 3.28. The van der Waals surface area contributed by atoms with E-state index in [0.717, 1.165) is 12.3 Å². The average Bonchev–Trinajstić information content (AvgIpc) is 3.28. The van der Waals surface area contributed by atoms with Crippen LogP contribution in [0.4, 0.5) is 8.78 Å². The lowest BCUT2D eigenvalue weighted by atomic mass is 9.86. The molecule has 1 amide bonds. The van der Waals surface area contributed by atoms with Crippen molar-refractivity contribution in [3.63, 3.8) is 0 Å². The molecule has 0 saturated heterocycles. The molecule has 6 nitrogen and oxygen atoms in total. The van der Waals surface area contributed by atoms with Gasteiger partial charge in [-0.1, -0.05) is 12.5 Å². The van der Waals surface area contributed by atoms with Crippen LogP contribution >= 0.6 is 0 Å². The maximum atomic E-state index is 12.3. The molecule has 0 aromatic heterocycles. The molecule has 0 spiro atoms. The molecule has 1 aromatic carbocycles. The fourth-order valence-corrected chi connectivity index (χ4v) is 4.31. The number of carbonyl (C=O) groups is 2. The van der Waals surface area contributed by atoms with Crippen LogP contribution in [0.1, 0.15) is 37.7 Å². The molecule has 3 atom stereocenters. The van der Waals surface area contributed by atoms with Crippen molar-refractivity contribution in [1.29, 1.82) is 0 Å². The maximum absolute atomic E-state index is 12.3. The van der Waals surface area contributed by atoms with Gasteiger partial charge in [-0.2, -0.15) is 8.78 Å². The molecule has 0 heterocycles. The second-order valence-corrected chi connectivity index (χ2v) is 7.44. The Hall–Kier alpha value is -2.38. The number of ether oxygens (including phenoxy) is 3. The molecule has 2 fully saturated rings. The van der Waals surface area contributed by atoms with Gasteiger partial charge in [-0.05, 0) is 54.7 Å². The molecule has 0 radical (unpaired) electrons. The van der Waals surface area contributed by atoms with E-state index in [1.807, 2.05) is 0 Å². The summed E-state index contributed by atoms with van der Waals surface area (Å²) in [5.41, 5.74) is 0.639. The first-order valence-electron chi connectivity index (χ1n) is 9.48. The van der Waals surface area contributed by atoms with Crippen LogP contribution in [0.3, 0.4) is 0 Å². The van der Waals surface area contributed by atoms with Crippen molar-refractivity contribution in [2.24, 2.45) is 17.8 Å². The van der Waals surface area contributed by atoms with E-state index in [0.29, 0.717) is 23.8 Å². The van der Waals surface area contributed by atoms with Crippen LogP contribution in [-0.2, 0) is 20.9 Å². The van der Waals surface area contributed by atoms with Crippen molar-refractivity contribution in [3.8, 4) is 11.5 Å². The van der Waals surface area contributed by atoms with Gasteiger partial charge < -0.3 is 19.5 Å². The van der Waals surface area contributed by atoms with Gasteiger partial charge in [-0.15, -0.1) is 0 Å². The van der Waals surface area contributed by atoms with E-state index in [4.69, 9.17) is 9.47 Å². The smallest absolute Gasteiger partial charge is 0.387 e. The predicted molar refractivity (Wildman–Crippen MR) is 96.0 cm³/mol. The average molecular weight is 397 g/mol. The Balaban J connectivity index is 1.39. The van der Waals surface area contributed by atoms with Crippen LogP contribution in [0, 0.1) is 17.8 Å². The molecule has 3 rings (SSSR count). The highest BCUT2D eigenvalue weighted by molar-refractivity contribution is 5.80. The number of amides is 1. The molecule has 2 bridgehead atoms. The van der Waals surface area contributed by atoms with E-state index in [9.17, 15) is 18.4 Å². The fourth-order valence-electron chi connectivity index (χ4n) is 4.31. The van der Waals surface area contributed by atoms with Crippen molar-refractivity contribution < 1.29 is 32.6 Å². The van der Waals surface area contributed by atoms with Gasteiger partial charge in [0, 0.05) is 13.0 Å². The van der Waals surface area contributed by atoms with E-state index < -0.39 is 12.5 Å². The minimum absolute atomic E-state index is 0.0814. The van der Waals surface area contributed by atoms with Gasteiger partial charge in [0.25, 0.3) is 5.91 Å². The largest absolute Gasteiger partial charge is 0.493 e. The Morgan fingerprint density at radius 1 is 1.21 bits per heavy atom. The van der Waals surface area contributed by atoms with Gasteiger partial charge >= 0.3 is 12.6 Å². The number of nitrogens with one attached hydrogen (secondary N) is 1. The molecule has 2 saturated carbocycles. The minimum atomic E-state index is -2.95. The highest BCUT2D eigenvalue weighted by atomic mass is 19.3. The third-order valence-corrected chi connectivity index (χ3v) is 5.61. The Morgan fingerprint density at radius 3 is 2.68 bits per heavy atom. The number of fused-ring (bicyclic) bond motifs is 2. The normalized spacial score (nSPS) is 22.9. The number of hydrogen-bond donors (Lipinski definition) is 1. The molecule has 28 heavy (non-hydrogen) atoms. The number of benzene rings is 1. The zero-order valence-electron chi connectivity index (χ0n) is 15.8. The molecule has 0 unspecified atom stereocenters. The van der Waals surface area contributed by atoms with Gasteiger partial charge in [-0.25, -0.2) is 0 Å². The van der Waals surface area contributed by atoms with E-state index in [1.165, 1.54) is 38.5 Å². The zero-order chi connectivity index (χ0) is 20.1. The molecular weight excluding hydrogens is 372 g/mol. The van der Waals surface area contributed by atoms with Crippen molar-refractivity contribution in [2.45, 2.75) is 45.3 Å². The first kappa shape index (κ1) is 20.4. The number of esters is 1. The number of alkyl halides is 2. The van der Waals surface area contributed by atoms with E-state index in [1.54, 1.807) is 6.07 Å². The molecule has 1 aromatic rings. The topological polar surface area (TPSA) is 73.9 Å². The summed E-state index contributed by atoms with van der Waals surface area (Å²) in [6.45, 7) is -3.13. The van der Waals surface area contributed by atoms with Crippen LogP contribution in [0.2, 0.25) is 0 Å². The van der Waals surface area contributed by atoms with E-state index in [-0.39, 0.29) is 30.6 Å². The van der Waals surface area contributed by atoms with Gasteiger partial charge in [0.1, 0.15) is 0 Å². The van der Waals surface area contributed by atoms with E-state index in [2.05, 4.69) is 10.1 Å². The summed E-state index contributed by atoms with van der Waals surface area (Å²) in [4.78, 5) is 23.9. The summed E-state index contributed by atoms with van der Waals surface area (Å²) in [6, 6.07) is 4.39. The Morgan fingerprint density at radius 2 is 2.04 bits per heavy atom. The van der Waals surface area contributed by atoms with Crippen molar-refractivity contribution in [1.82, 2.24) is 5.32 Å². The van der Waals surface area contributed by atoms with Crippen molar-refractivity contribution in [2.75, 3.05) is 13.7 Å². The number of halogens is 2. The third kappa shape index (κ3) is 5.33. The Kier molecular flexibility index (Phi) is 6.70.